The first kappa shape index (κ1) is 15.2. The van der Waals surface area contributed by atoms with E-state index < -0.39 is 0 Å². The summed E-state index contributed by atoms with van der Waals surface area (Å²) in [5, 5.41) is 3.89. The van der Waals surface area contributed by atoms with Crippen LogP contribution in [0.4, 0.5) is 0 Å². The van der Waals surface area contributed by atoms with Crippen molar-refractivity contribution < 1.29 is 4.42 Å². The van der Waals surface area contributed by atoms with Gasteiger partial charge in [0.1, 0.15) is 6.26 Å². The fourth-order valence-electron chi connectivity index (χ4n) is 5.75. The van der Waals surface area contributed by atoms with Crippen LogP contribution in [0.5, 0.6) is 0 Å². The monoisotopic (exact) mass is 386 g/mol. The molecule has 4 heteroatoms. The first-order chi connectivity index (χ1) is 11.7. The van der Waals surface area contributed by atoms with E-state index in [9.17, 15) is 0 Å². The standard InChI is InChI=1S/C20H23BrN2O/c21-18-4-2-1-3-17(18)19-23-16(12-24-19)11-22-20-8-13-5-14(9-20)7-15(6-13)10-20/h1-4,12-15,22H,5-11H2. The largest absolute Gasteiger partial charge is 0.444 e. The molecule has 24 heavy (non-hydrogen) atoms. The van der Waals surface area contributed by atoms with Crippen LogP contribution >= 0.6 is 15.9 Å². The van der Waals surface area contributed by atoms with Gasteiger partial charge in [-0.1, -0.05) is 12.1 Å². The molecule has 4 saturated carbocycles. The Morgan fingerprint density at radius 3 is 2.42 bits per heavy atom. The lowest BCUT2D eigenvalue weighted by molar-refractivity contribution is -0.0207. The van der Waals surface area contributed by atoms with Gasteiger partial charge >= 0.3 is 0 Å². The molecule has 1 heterocycles. The van der Waals surface area contributed by atoms with E-state index in [4.69, 9.17) is 9.40 Å². The SMILES string of the molecule is Brc1ccccc1-c1nc(CNC23CC4CC(CC(C4)C2)C3)co1. The molecule has 1 N–H and O–H groups in total. The minimum atomic E-state index is 0.376. The van der Waals surface area contributed by atoms with Crippen LogP contribution in [0.1, 0.15) is 44.2 Å². The fourth-order valence-corrected chi connectivity index (χ4v) is 6.21. The Bertz CT molecular complexity index is 718. The van der Waals surface area contributed by atoms with Crippen molar-refractivity contribution in [2.75, 3.05) is 0 Å². The summed E-state index contributed by atoms with van der Waals surface area (Å²) in [4.78, 5) is 4.70. The fraction of sp³-hybridized carbons (Fsp3) is 0.550. The van der Waals surface area contributed by atoms with Gasteiger partial charge in [-0.15, -0.1) is 0 Å². The van der Waals surface area contributed by atoms with Gasteiger partial charge in [0, 0.05) is 16.6 Å². The lowest BCUT2D eigenvalue weighted by atomic mass is 9.53. The minimum absolute atomic E-state index is 0.376. The summed E-state index contributed by atoms with van der Waals surface area (Å²) in [7, 11) is 0. The number of halogens is 1. The molecule has 4 aliphatic rings. The Balaban J connectivity index is 1.30. The van der Waals surface area contributed by atoms with Gasteiger partial charge in [0.05, 0.1) is 11.3 Å². The van der Waals surface area contributed by atoms with E-state index in [2.05, 4.69) is 21.2 Å². The van der Waals surface area contributed by atoms with Crippen LogP contribution in [0.15, 0.2) is 39.4 Å². The first-order valence-electron chi connectivity index (χ1n) is 9.13. The molecule has 0 radical (unpaired) electrons. The molecule has 3 nitrogen and oxygen atoms in total. The average Bonchev–Trinajstić information content (AvgIpc) is 3.01. The average molecular weight is 387 g/mol. The molecule has 1 aromatic heterocycles. The van der Waals surface area contributed by atoms with Gasteiger partial charge < -0.3 is 9.73 Å². The maximum absolute atomic E-state index is 5.72. The molecule has 0 atom stereocenters. The quantitative estimate of drug-likeness (QED) is 0.787. The van der Waals surface area contributed by atoms with Crippen molar-refractivity contribution in [3.63, 3.8) is 0 Å². The molecule has 4 fully saturated rings. The van der Waals surface area contributed by atoms with E-state index >= 15 is 0 Å². The van der Waals surface area contributed by atoms with Crippen LogP contribution in [0.3, 0.4) is 0 Å². The number of rotatable bonds is 4. The Morgan fingerprint density at radius 1 is 1.08 bits per heavy atom. The second-order valence-corrected chi connectivity index (χ2v) is 9.03. The summed E-state index contributed by atoms with van der Waals surface area (Å²) in [6.07, 6.45) is 10.4. The molecule has 1 aromatic carbocycles. The zero-order valence-electron chi connectivity index (χ0n) is 13.8. The van der Waals surface area contributed by atoms with Crippen molar-refractivity contribution in [3.05, 3.63) is 40.7 Å². The molecule has 2 aromatic rings. The zero-order valence-corrected chi connectivity index (χ0v) is 15.4. The number of benzene rings is 1. The normalized spacial score (nSPS) is 34.0. The molecular weight excluding hydrogens is 364 g/mol. The number of nitrogens with zero attached hydrogens (tertiary/aromatic N) is 1. The van der Waals surface area contributed by atoms with Crippen molar-refractivity contribution in [2.24, 2.45) is 17.8 Å². The summed E-state index contributed by atoms with van der Waals surface area (Å²) in [5.41, 5.74) is 2.40. The van der Waals surface area contributed by atoms with Gasteiger partial charge in [-0.2, -0.15) is 0 Å². The molecule has 0 unspecified atom stereocenters. The Morgan fingerprint density at radius 2 is 1.75 bits per heavy atom. The van der Waals surface area contributed by atoms with Crippen LogP contribution in [0.25, 0.3) is 11.5 Å². The van der Waals surface area contributed by atoms with E-state index in [0.717, 1.165) is 40.0 Å². The third kappa shape index (κ3) is 2.64. The lowest BCUT2D eigenvalue weighted by Gasteiger charge is -2.57. The molecule has 0 spiro atoms. The van der Waals surface area contributed by atoms with Gasteiger partial charge in [-0.05, 0) is 84.3 Å². The molecule has 0 aliphatic heterocycles. The highest BCUT2D eigenvalue weighted by Gasteiger charge is 2.50. The molecule has 4 aliphatic carbocycles. The molecule has 0 saturated heterocycles. The predicted octanol–water partition coefficient (Wildman–Crippen LogP) is 5.16. The summed E-state index contributed by atoms with van der Waals surface area (Å²) in [5.74, 6) is 3.61. The van der Waals surface area contributed by atoms with Crippen LogP contribution in [0, 0.1) is 17.8 Å². The smallest absolute Gasteiger partial charge is 0.227 e. The minimum Gasteiger partial charge on any atom is -0.444 e. The molecular formula is C20H23BrN2O. The third-order valence-electron chi connectivity index (χ3n) is 6.34. The summed E-state index contributed by atoms with van der Waals surface area (Å²) in [6, 6.07) is 8.07. The van der Waals surface area contributed by atoms with Gasteiger partial charge in [-0.3, -0.25) is 0 Å². The van der Waals surface area contributed by atoms with Crippen molar-refractivity contribution in [1.82, 2.24) is 10.3 Å². The van der Waals surface area contributed by atoms with Crippen molar-refractivity contribution in [3.8, 4) is 11.5 Å². The van der Waals surface area contributed by atoms with E-state index in [0.29, 0.717) is 11.4 Å². The predicted molar refractivity (Wildman–Crippen MR) is 97.4 cm³/mol. The molecule has 4 bridgehead atoms. The summed E-state index contributed by atoms with van der Waals surface area (Å²) in [6.45, 7) is 0.820. The maximum Gasteiger partial charge on any atom is 0.227 e. The maximum atomic E-state index is 5.72. The number of hydrogen-bond acceptors (Lipinski definition) is 3. The van der Waals surface area contributed by atoms with Crippen LogP contribution in [-0.2, 0) is 6.54 Å². The number of hydrogen-bond donors (Lipinski definition) is 1. The zero-order chi connectivity index (χ0) is 16.1. The van der Waals surface area contributed by atoms with Crippen LogP contribution < -0.4 is 5.32 Å². The van der Waals surface area contributed by atoms with E-state index in [1.165, 1.54) is 38.5 Å². The van der Waals surface area contributed by atoms with Crippen LogP contribution in [0.2, 0.25) is 0 Å². The Kier molecular flexibility index (Phi) is 3.60. The topological polar surface area (TPSA) is 38.1 Å². The third-order valence-corrected chi connectivity index (χ3v) is 7.03. The number of oxazole rings is 1. The highest BCUT2D eigenvalue weighted by molar-refractivity contribution is 9.10. The number of aromatic nitrogens is 1. The van der Waals surface area contributed by atoms with Crippen LogP contribution in [-0.4, -0.2) is 10.5 Å². The van der Waals surface area contributed by atoms with E-state index in [1.54, 1.807) is 0 Å². The van der Waals surface area contributed by atoms with E-state index in [1.807, 2.05) is 30.5 Å². The Labute approximate surface area is 151 Å². The first-order valence-corrected chi connectivity index (χ1v) is 9.93. The molecule has 0 amide bonds. The Hall–Kier alpha value is -1.13. The van der Waals surface area contributed by atoms with Crippen molar-refractivity contribution in [1.29, 1.82) is 0 Å². The lowest BCUT2D eigenvalue weighted by Crippen LogP contribution is -2.58. The van der Waals surface area contributed by atoms with Crippen molar-refractivity contribution >= 4 is 15.9 Å². The van der Waals surface area contributed by atoms with Gasteiger partial charge in [0.15, 0.2) is 0 Å². The highest BCUT2D eigenvalue weighted by Crippen LogP contribution is 2.55. The van der Waals surface area contributed by atoms with E-state index in [-0.39, 0.29) is 0 Å². The molecule has 126 valence electrons. The second kappa shape index (κ2) is 5.70. The van der Waals surface area contributed by atoms with Gasteiger partial charge in [-0.25, -0.2) is 4.98 Å². The second-order valence-electron chi connectivity index (χ2n) is 8.18. The van der Waals surface area contributed by atoms with Crippen molar-refractivity contribution in [2.45, 2.75) is 50.6 Å². The summed E-state index contributed by atoms with van der Waals surface area (Å²) < 4.78 is 6.74. The molecule has 6 rings (SSSR count). The van der Waals surface area contributed by atoms with Gasteiger partial charge in [0.2, 0.25) is 5.89 Å². The van der Waals surface area contributed by atoms with Gasteiger partial charge in [0.25, 0.3) is 0 Å². The number of nitrogens with one attached hydrogen (secondary N) is 1. The summed E-state index contributed by atoms with van der Waals surface area (Å²) >= 11 is 3.57. The highest BCUT2D eigenvalue weighted by atomic mass is 79.9.